The summed E-state index contributed by atoms with van der Waals surface area (Å²) >= 11 is 4.80. The molecule has 0 radical (unpaired) electrons. The first-order chi connectivity index (χ1) is 6.20. The molecule has 3 N–H and O–H groups in total. The van der Waals surface area contributed by atoms with Gasteiger partial charge in [0, 0.05) is 4.47 Å². The van der Waals surface area contributed by atoms with Gasteiger partial charge in [0.25, 0.3) is 0 Å². The van der Waals surface area contributed by atoms with Crippen LogP contribution in [0.15, 0.2) is 16.6 Å². The molecular formula is C8H7BrN2OS. The molecule has 2 rings (SSSR count). The molecule has 68 valence electrons. The first kappa shape index (κ1) is 8.93. The molecule has 1 heterocycles. The molecule has 0 bridgehead atoms. The molecule has 0 saturated heterocycles. The van der Waals surface area contributed by atoms with E-state index in [4.69, 9.17) is 10.8 Å². The number of aliphatic hydroxyl groups excluding tert-OH is 1. The van der Waals surface area contributed by atoms with Crippen molar-refractivity contribution < 1.29 is 5.11 Å². The maximum absolute atomic E-state index is 8.96. The summed E-state index contributed by atoms with van der Waals surface area (Å²) in [7, 11) is 0. The summed E-state index contributed by atoms with van der Waals surface area (Å²) in [5.74, 6) is 0. The van der Waals surface area contributed by atoms with Gasteiger partial charge < -0.3 is 10.8 Å². The van der Waals surface area contributed by atoms with Gasteiger partial charge in [-0.3, -0.25) is 0 Å². The Morgan fingerprint density at radius 1 is 1.54 bits per heavy atom. The highest BCUT2D eigenvalue weighted by molar-refractivity contribution is 9.10. The molecule has 5 heteroatoms. The van der Waals surface area contributed by atoms with Gasteiger partial charge in [0.1, 0.15) is 0 Å². The van der Waals surface area contributed by atoms with Crippen molar-refractivity contribution >= 4 is 42.6 Å². The normalized spacial score (nSPS) is 10.9. The van der Waals surface area contributed by atoms with Crippen LogP contribution in [0.1, 0.15) is 5.56 Å². The van der Waals surface area contributed by atoms with Crippen molar-refractivity contribution in [3.05, 3.63) is 22.2 Å². The SMILES string of the molecule is Nc1nc2c(Br)cc(CO)cc2s1. The first-order valence-corrected chi connectivity index (χ1v) is 5.27. The fraction of sp³-hybridized carbons (Fsp3) is 0.125. The van der Waals surface area contributed by atoms with Crippen molar-refractivity contribution in [2.75, 3.05) is 5.73 Å². The lowest BCUT2D eigenvalue weighted by Gasteiger charge is -1.97. The highest BCUT2D eigenvalue weighted by atomic mass is 79.9. The molecular weight excluding hydrogens is 252 g/mol. The number of halogens is 1. The second kappa shape index (κ2) is 3.25. The number of hydrogen-bond acceptors (Lipinski definition) is 4. The van der Waals surface area contributed by atoms with Crippen LogP contribution in [-0.2, 0) is 6.61 Å². The maximum atomic E-state index is 8.96. The van der Waals surface area contributed by atoms with E-state index < -0.39 is 0 Å². The van der Waals surface area contributed by atoms with E-state index in [9.17, 15) is 0 Å². The predicted molar refractivity (Wildman–Crippen MR) is 57.7 cm³/mol. The first-order valence-electron chi connectivity index (χ1n) is 3.66. The third-order valence-electron chi connectivity index (χ3n) is 1.71. The van der Waals surface area contributed by atoms with Crippen LogP contribution in [0, 0.1) is 0 Å². The Hall–Kier alpha value is -0.650. The van der Waals surface area contributed by atoms with E-state index in [1.54, 1.807) is 0 Å². The molecule has 3 nitrogen and oxygen atoms in total. The number of nitrogens with zero attached hydrogens (tertiary/aromatic N) is 1. The van der Waals surface area contributed by atoms with Gasteiger partial charge >= 0.3 is 0 Å². The largest absolute Gasteiger partial charge is 0.392 e. The second-order valence-electron chi connectivity index (χ2n) is 2.63. The molecule has 0 aliphatic rings. The molecule has 0 unspecified atom stereocenters. The van der Waals surface area contributed by atoms with Crippen LogP contribution in [0.5, 0.6) is 0 Å². The fourth-order valence-corrected chi connectivity index (χ4v) is 2.70. The van der Waals surface area contributed by atoms with Gasteiger partial charge in [-0.1, -0.05) is 11.3 Å². The monoisotopic (exact) mass is 258 g/mol. The van der Waals surface area contributed by atoms with Crippen molar-refractivity contribution in [3.8, 4) is 0 Å². The molecule has 1 aromatic carbocycles. The van der Waals surface area contributed by atoms with E-state index in [1.165, 1.54) is 11.3 Å². The lowest BCUT2D eigenvalue weighted by molar-refractivity contribution is 0.282. The number of fused-ring (bicyclic) bond motifs is 1. The highest BCUT2D eigenvalue weighted by Gasteiger charge is 2.06. The zero-order valence-electron chi connectivity index (χ0n) is 6.62. The summed E-state index contributed by atoms with van der Waals surface area (Å²) in [6.07, 6.45) is 0. The number of benzene rings is 1. The molecule has 0 saturated carbocycles. The third kappa shape index (κ3) is 1.54. The Kier molecular flexibility index (Phi) is 2.23. The van der Waals surface area contributed by atoms with Gasteiger partial charge in [-0.25, -0.2) is 4.98 Å². The van der Waals surface area contributed by atoms with E-state index in [0.29, 0.717) is 5.13 Å². The van der Waals surface area contributed by atoms with Gasteiger partial charge in [0.2, 0.25) is 0 Å². The minimum Gasteiger partial charge on any atom is -0.392 e. The number of aliphatic hydroxyl groups is 1. The van der Waals surface area contributed by atoms with Gasteiger partial charge in [0.05, 0.1) is 16.8 Å². The number of hydrogen-bond donors (Lipinski definition) is 2. The van der Waals surface area contributed by atoms with Crippen LogP contribution in [-0.4, -0.2) is 10.1 Å². The zero-order valence-corrected chi connectivity index (χ0v) is 9.02. The van der Waals surface area contributed by atoms with Crippen LogP contribution in [0.4, 0.5) is 5.13 Å². The van der Waals surface area contributed by atoms with Gasteiger partial charge in [0.15, 0.2) is 5.13 Å². The molecule has 2 aromatic rings. The van der Waals surface area contributed by atoms with E-state index in [1.807, 2.05) is 12.1 Å². The van der Waals surface area contributed by atoms with Crippen LogP contribution in [0.25, 0.3) is 10.2 Å². The molecule has 0 aliphatic carbocycles. The van der Waals surface area contributed by atoms with Gasteiger partial charge in [-0.15, -0.1) is 0 Å². The minimum atomic E-state index is 0.0341. The molecule has 0 spiro atoms. The summed E-state index contributed by atoms with van der Waals surface area (Å²) < 4.78 is 1.87. The number of aromatic nitrogens is 1. The summed E-state index contributed by atoms with van der Waals surface area (Å²) in [4.78, 5) is 4.16. The quantitative estimate of drug-likeness (QED) is 0.824. The molecule has 0 fully saturated rings. The number of nitrogens with two attached hydrogens (primary N) is 1. The lowest BCUT2D eigenvalue weighted by atomic mass is 10.2. The Morgan fingerprint density at radius 3 is 3.00 bits per heavy atom. The second-order valence-corrected chi connectivity index (χ2v) is 4.55. The summed E-state index contributed by atoms with van der Waals surface area (Å²) in [5, 5.41) is 9.51. The molecule has 13 heavy (non-hydrogen) atoms. The zero-order chi connectivity index (χ0) is 9.42. The standard InChI is InChI=1S/C8H7BrN2OS/c9-5-1-4(3-12)2-6-7(5)11-8(10)13-6/h1-2,12H,3H2,(H2,10,11). The Labute approximate surface area is 87.3 Å². The minimum absolute atomic E-state index is 0.0341. The summed E-state index contributed by atoms with van der Waals surface area (Å²) in [5.41, 5.74) is 7.30. The Morgan fingerprint density at radius 2 is 2.31 bits per heavy atom. The van der Waals surface area contributed by atoms with E-state index in [-0.39, 0.29) is 6.61 Å². The molecule has 1 aromatic heterocycles. The van der Waals surface area contributed by atoms with E-state index >= 15 is 0 Å². The van der Waals surface area contributed by atoms with Gasteiger partial charge in [-0.2, -0.15) is 0 Å². The van der Waals surface area contributed by atoms with Crippen molar-refractivity contribution in [2.24, 2.45) is 0 Å². The average molecular weight is 259 g/mol. The number of nitrogen functional groups attached to an aromatic ring is 1. The van der Waals surface area contributed by atoms with Crippen molar-refractivity contribution in [1.82, 2.24) is 4.98 Å². The van der Waals surface area contributed by atoms with Crippen molar-refractivity contribution in [1.29, 1.82) is 0 Å². The Bertz CT molecular complexity index is 455. The van der Waals surface area contributed by atoms with E-state index in [0.717, 1.165) is 20.3 Å². The topological polar surface area (TPSA) is 59.1 Å². The van der Waals surface area contributed by atoms with Crippen molar-refractivity contribution in [2.45, 2.75) is 6.61 Å². The molecule has 0 aliphatic heterocycles. The smallest absolute Gasteiger partial charge is 0.181 e. The van der Waals surface area contributed by atoms with Crippen LogP contribution >= 0.6 is 27.3 Å². The summed E-state index contributed by atoms with van der Waals surface area (Å²) in [6, 6.07) is 3.75. The van der Waals surface area contributed by atoms with Gasteiger partial charge in [-0.05, 0) is 33.6 Å². The predicted octanol–water partition coefficient (Wildman–Crippen LogP) is 2.13. The molecule has 0 amide bonds. The average Bonchev–Trinajstić information content (AvgIpc) is 2.46. The summed E-state index contributed by atoms with van der Waals surface area (Å²) in [6.45, 7) is 0.0341. The van der Waals surface area contributed by atoms with Crippen LogP contribution in [0.3, 0.4) is 0 Å². The highest BCUT2D eigenvalue weighted by Crippen LogP contribution is 2.30. The number of anilines is 1. The number of thiazole rings is 1. The third-order valence-corrected chi connectivity index (χ3v) is 3.14. The van der Waals surface area contributed by atoms with E-state index in [2.05, 4.69) is 20.9 Å². The maximum Gasteiger partial charge on any atom is 0.181 e. The van der Waals surface area contributed by atoms with Crippen LogP contribution in [0.2, 0.25) is 0 Å². The lowest BCUT2D eigenvalue weighted by Crippen LogP contribution is -1.83. The van der Waals surface area contributed by atoms with Crippen LogP contribution < -0.4 is 5.73 Å². The molecule has 0 atom stereocenters. The fourth-order valence-electron chi connectivity index (χ4n) is 1.15. The van der Waals surface area contributed by atoms with Crippen molar-refractivity contribution in [3.63, 3.8) is 0 Å². The Balaban J connectivity index is 2.75. The number of rotatable bonds is 1.